The number of benzene rings is 4. The average molecular weight is 391 g/mol. The summed E-state index contributed by atoms with van der Waals surface area (Å²) in [7, 11) is 0. The lowest BCUT2D eigenvalue weighted by Gasteiger charge is -2.14. The first-order valence-electron chi connectivity index (χ1n) is 10.1. The first-order valence-corrected chi connectivity index (χ1v) is 10.1. The number of carbonyl (C=O) groups excluding carboxylic acids is 1. The fourth-order valence-electron chi connectivity index (χ4n) is 4.13. The molecule has 0 aromatic heterocycles. The Morgan fingerprint density at radius 1 is 0.667 bits per heavy atom. The summed E-state index contributed by atoms with van der Waals surface area (Å²) >= 11 is 0. The van der Waals surface area contributed by atoms with Crippen LogP contribution in [0.2, 0.25) is 0 Å². The van der Waals surface area contributed by atoms with E-state index in [1.807, 2.05) is 66.7 Å². The zero-order chi connectivity index (χ0) is 20.3. The second kappa shape index (κ2) is 7.88. The number of amides is 1. The van der Waals surface area contributed by atoms with E-state index in [2.05, 4.69) is 41.7 Å². The second-order valence-corrected chi connectivity index (χ2v) is 7.39. The van der Waals surface area contributed by atoms with Gasteiger partial charge < -0.3 is 4.74 Å². The number of hydrogen-bond donors (Lipinski definition) is 1. The minimum atomic E-state index is -0.440. The smallest absolute Gasteiger partial charge is 0.411 e. The molecule has 1 aliphatic rings. The van der Waals surface area contributed by atoms with Crippen molar-refractivity contribution in [2.75, 3.05) is 11.9 Å². The molecule has 0 spiro atoms. The lowest BCUT2D eigenvalue weighted by atomic mass is 9.98. The van der Waals surface area contributed by atoms with E-state index in [-0.39, 0.29) is 5.92 Å². The Bertz CT molecular complexity index is 1140. The van der Waals surface area contributed by atoms with Crippen molar-refractivity contribution < 1.29 is 9.53 Å². The third kappa shape index (κ3) is 3.46. The van der Waals surface area contributed by atoms with E-state index >= 15 is 0 Å². The SMILES string of the molecule is O=C(Nc1ccc(-c2ccccc2)cc1)OCC1c2ccccc2-c2ccccc21. The molecule has 0 unspecified atom stereocenters. The van der Waals surface area contributed by atoms with Gasteiger partial charge in [0.05, 0.1) is 0 Å². The van der Waals surface area contributed by atoms with Crippen molar-refractivity contribution in [3.8, 4) is 22.3 Å². The standard InChI is InChI=1S/C27H21NO2/c29-27(28-21-16-14-20(15-17-21)19-8-2-1-3-9-19)30-18-26-24-12-6-4-10-22(24)23-11-5-7-13-25(23)26/h1-17,26H,18H2,(H,28,29). The predicted molar refractivity (Wildman–Crippen MR) is 121 cm³/mol. The van der Waals surface area contributed by atoms with Crippen LogP contribution in [0.3, 0.4) is 0 Å². The van der Waals surface area contributed by atoms with Crippen molar-refractivity contribution in [2.24, 2.45) is 0 Å². The second-order valence-electron chi connectivity index (χ2n) is 7.39. The van der Waals surface area contributed by atoms with Crippen LogP contribution in [0, 0.1) is 0 Å². The molecule has 146 valence electrons. The molecule has 5 rings (SSSR count). The van der Waals surface area contributed by atoms with E-state index in [4.69, 9.17) is 4.74 Å². The zero-order valence-corrected chi connectivity index (χ0v) is 16.4. The Morgan fingerprint density at radius 2 is 1.20 bits per heavy atom. The Kier molecular flexibility index (Phi) is 4.78. The Labute approximate surface area is 176 Å². The fourth-order valence-corrected chi connectivity index (χ4v) is 4.13. The maximum Gasteiger partial charge on any atom is 0.411 e. The van der Waals surface area contributed by atoms with Gasteiger partial charge in [0.1, 0.15) is 6.61 Å². The number of carbonyl (C=O) groups is 1. The third-order valence-electron chi connectivity index (χ3n) is 5.58. The van der Waals surface area contributed by atoms with Gasteiger partial charge in [0.25, 0.3) is 0 Å². The molecule has 0 saturated heterocycles. The monoisotopic (exact) mass is 391 g/mol. The van der Waals surface area contributed by atoms with Crippen molar-refractivity contribution >= 4 is 11.8 Å². The largest absolute Gasteiger partial charge is 0.448 e. The zero-order valence-electron chi connectivity index (χ0n) is 16.4. The quantitative estimate of drug-likeness (QED) is 0.420. The molecule has 0 radical (unpaired) electrons. The summed E-state index contributed by atoms with van der Waals surface area (Å²) in [5.41, 5.74) is 7.82. The highest BCUT2D eigenvalue weighted by molar-refractivity contribution is 5.85. The van der Waals surface area contributed by atoms with Crippen LogP contribution in [0.5, 0.6) is 0 Å². The van der Waals surface area contributed by atoms with Gasteiger partial charge >= 0.3 is 6.09 Å². The Balaban J connectivity index is 1.26. The van der Waals surface area contributed by atoms with E-state index in [0.29, 0.717) is 12.3 Å². The number of anilines is 1. The van der Waals surface area contributed by atoms with Crippen LogP contribution in [0.4, 0.5) is 10.5 Å². The summed E-state index contributed by atoms with van der Waals surface area (Å²) in [4.78, 5) is 12.4. The Hall–Kier alpha value is -3.85. The molecule has 0 saturated carbocycles. The van der Waals surface area contributed by atoms with Crippen molar-refractivity contribution in [2.45, 2.75) is 5.92 Å². The highest BCUT2D eigenvalue weighted by Crippen LogP contribution is 2.44. The van der Waals surface area contributed by atoms with Crippen LogP contribution < -0.4 is 5.32 Å². The van der Waals surface area contributed by atoms with Gasteiger partial charge in [-0.2, -0.15) is 0 Å². The van der Waals surface area contributed by atoms with Crippen molar-refractivity contribution in [1.29, 1.82) is 0 Å². The molecule has 0 fully saturated rings. The molecular formula is C27H21NO2. The number of ether oxygens (including phenoxy) is 1. The number of hydrogen-bond acceptors (Lipinski definition) is 2. The average Bonchev–Trinajstić information content (AvgIpc) is 3.13. The van der Waals surface area contributed by atoms with Gasteiger partial charge in [0, 0.05) is 11.6 Å². The normalized spacial score (nSPS) is 12.1. The topological polar surface area (TPSA) is 38.3 Å². The first kappa shape index (κ1) is 18.2. The van der Waals surface area contributed by atoms with Gasteiger partial charge in [-0.25, -0.2) is 4.79 Å². The van der Waals surface area contributed by atoms with Crippen molar-refractivity contribution in [3.05, 3.63) is 114 Å². The molecule has 0 atom stereocenters. The third-order valence-corrected chi connectivity index (χ3v) is 5.58. The van der Waals surface area contributed by atoms with Crippen LogP contribution in [-0.4, -0.2) is 12.7 Å². The van der Waals surface area contributed by atoms with Crippen LogP contribution in [0.25, 0.3) is 22.3 Å². The highest BCUT2D eigenvalue weighted by Gasteiger charge is 2.28. The van der Waals surface area contributed by atoms with E-state index in [0.717, 1.165) is 11.1 Å². The van der Waals surface area contributed by atoms with E-state index in [9.17, 15) is 4.79 Å². The van der Waals surface area contributed by atoms with E-state index in [1.54, 1.807) is 0 Å². The summed E-state index contributed by atoms with van der Waals surface area (Å²) in [6.07, 6.45) is -0.440. The molecule has 3 nitrogen and oxygen atoms in total. The van der Waals surface area contributed by atoms with Crippen LogP contribution >= 0.6 is 0 Å². The van der Waals surface area contributed by atoms with Crippen LogP contribution in [0.1, 0.15) is 17.0 Å². The van der Waals surface area contributed by atoms with Crippen LogP contribution in [-0.2, 0) is 4.74 Å². The van der Waals surface area contributed by atoms with Gasteiger partial charge in [0.2, 0.25) is 0 Å². The molecule has 1 N–H and O–H groups in total. The molecule has 3 heteroatoms. The molecule has 4 aromatic rings. The van der Waals surface area contributed by atoms with Gasteiger partial charge in [-0.3, -0.25) is 5.32 Å². The lowest BCUT2D eigenvalue weighted by Crippen LogP contribution is -2.17. The Morgan fingerprint density at radius 3 is 1.83 bits per heavy atom. The van der Waals surface area contributed by atoms with E-state index in [1.165, 1.54) is 22.3 Å². The van der Waals surface area contributed by atoms with Gasteiger partial charge in [-0.05, 0) is 45.5 Å². The first-order chi connectivity index (χ1) is 14.8. The molecule has 0 aliphatic heterocycles. The van der Waals surface area contributed by atoms with Gasteiger partial charge in [-0.15, -0.1) is 0 Å². The van der Waals surface area contributed by atoms with Crippen LogP contribution in [0.15, 0.2) is 103 Å². The molecular weight excluding hydrogens is 370 g/mol. The summed E-state index contributed by atoms with van der Waals surface area (Å²) in [5, 5.41) is 2.83. The predicted octanol–water partition coefficient (Wildman–Crippen LogP) is 6.71. The van der Waals surface area contributed by atoms with Gasteiger partial charge in [0.15, 0.2) is 0 Å². The number of rotatable bonds is 4. The fraction of sp³-hybridized carbons (Fsp3) is 0.0741. The summed E-state index contributed by atoms with van der Waals surface area (Å²) in [6, 6.07) is 34.6. The summed E-state index contributed by atoms with van der Waals surface area (Å²) in [6.45, 7) is 0.307. The van der Waals surface area contributed by atoms with Crippen molar-refractivity contribution in [3.63, 3.8) is 0 Å². The minimum absolute atomic E-state index is 0.0589. The lowest BCUT2D eigenvalue weighted by molar-refractivity contribution is 0.158. The van der Waals surface area contributed by atoms with Gasteiger partial charge in [-0.1, -0.05) is 91.0 Å². The number of nitrogens with one attached hydrogen (secondary N) is 1. The number of fused-ring (bicyclic) bond motifs is 3. The molecule has 4 aromatic carbocycles. The molecule has 0 bridgehead atoms. The maximum atomic E-state index is 12.4. The summed E-state index contributed by atoms with van der Waals surface area (Å²) < 4.78 is 5.61. The van der Waals surface area contributed by atoms with Crippen molar-refractivity contribution in [1.82, 2.24) is 0 Å². The van der Waals surface area contributed by atoms with E-state index < -0.39 is 6.09 Å². The summed E-state index contributed by atoms with van der Waals surface area (Å²) in [5.74, 6) is 0.0589. The molecule has 1 amide bonds. The molecule has 30 heavy (non-hydrogen) atoms. The molecule has 1 aliphatic carbocycles. The minimum Gasteiger partial charge on any atom is -0.448 e. The highest BCUT2D eigenvalue weighted by atomic mass is 16.5. The maximum absolute atomic E-state index is 12.4. The molecule has 0 heterocycles.